The molecule has 2 aliphatic rings. The number of rotatable bonds is 2. The minimum Gasteiger partial charge on any atom is -0.456 e. The molecule has 2 heterocycles. The molecule has 1 atom stereocenters. The zero-order chi connectivity index (χ0) is 25.3. The molecule has 0 aromatic heterocycles. The Balaban J connectivity index is 1.43. The molecular formula is C34H21O2PS. The second kappa shape index (κ2) is 8.16. The van der Waals surface area contributed by atoms with Gasteiger partial charge in [0.1, 0.15) is 23.0 Å². The van der Waals surface area contributed by atoms with Crippen LogP contribution in [0, 0.1) is 0 Å². The molecule has 1 unspecified atom stereocenters. The fraction of sp³-hybridized carbons (Fsp3) is 0. The van der Waals surface area contributed by atoms with Crippen LogP contribution in [-0.2, 0) is 11.8 Å². The lowest BCUT2D eigenvalue weighted by molar-refractivity contribution is 0.468. The molecule has 8 rings (SSSR count). The van der Waals surface area contributed by atoms with Crippen LogP contribution in [0.3, 0.4) is 0 Å². The Kier molecular flexibility index (Phi) is 4.70. The van der Waals surface area contributed by atoms with Gasteiger partial charge in [-0.05, 0) is 63.9 Å². The molecular weight excluding hydrogens is 503 g/mol. The van der Waals surface area contributed by atoms with E-state index >= 15 is 0 Å². The van der Waals surface area contributed by atoms with E-state index < -0.39 is 6.04 Å². The Morgan fingerprint density at radius 3 is 2.13 bits per heavy atom. The summed E-state index contributed by atoms with van der Waals surface area (Å²) in [5.41, 5.74) is 4.46. The summed E-state index contributed by atoms with van der Waals surface area (Å²) in [5, 5.41) is 5.53. The maximum absolute atomic E-state index is 6.85. The summed E-state index contributed by atoms with van der Waals surface area (Å²) in [4.78, 5) is 0. The van der Waals surface area contributed by atoms with Gasteiger partial charge in [0.25, 0.3) is 0 Å². The molecule has 0 amide bonds. The van der Waals surface area contributed by atoms with Crippen molar-refractivity contribution in [3.63, 3.8) is 0 Å². The highest BCUT2D eigenvalue weighted by Crippen LogP contribution is 2.61. The van der Waals surface area contributed by atoms with Crippen LogP contribution < -0.4 is 25.4 Å². The van der Waals surface area contributed by atoms with Crippen LogP contribution in [0.15, 0.2) is 127 Å². The van der Waals surface area contributed by atoms with Gasteiger partial charge in [0, 0.05) is 16.2 Å². The van der Waals surface area contributed by atoms with Crippen molar-refractivity contribution in [2.45, 2.75) is 0 Å². The molecule has 0 radical (unpaired) electrons. The summed E-state index contributed by atoms with van der Waals surface area (Å²) in [5.74, 6) is 3.29. The Bertz CT molecular complexity index is 1960. The van der Waals surface area contributed by atoms with Crippen LogP contribution in [0.4, 0.5) is 0 Å². The fourth-order valence-corrected chi connectivity index (χ4v) is 10.6. The minimum atomic E-state index is -2.49. The number of hydrogen-bond donors (Lipinski definition) is 0. The van der Waals surface area contributed by atoms with Crippen molar-refractivity contribution in [3.8, 4) is 45.3 Å². The first-order chi connectivity index (χ1) is 18.7. The molecule has 4 heteroatoms. The van der Waals surface area contributed by atoms with Crippen LogP contribution in [0.1, 0.15) is 0 Å². The highest BCUT2D eigenvalue weighted by Gasteiger charge is 2.44. The predicted molar refractivity (Wildman–Crippen MR) is 161 cm³/mol. The maximum Gasteiger partial charge on any atom is 0.148 e. The average Bonchev–Trinajstić information content (AvgIpc) is 2.97. The fourth-order valence-electron chi connectivity index (χ4n) is 5.79. The van der Waals surface area contributed by atoms with E-state index in [4.69, 9.17) is 21.3 Å². The quantitative estimate of drug-likeness (QED) is 0.213. The molecule has 2 nitrogen and oxygen atoms in total. The van der Waals surface area contributed by atoms with E-state index in [2.05, 4.69) is 109 Å². The zero-order valence-corrected chi connectivity index (χ0v) is 22.0. The Hall–Kier alpha value is -4.17. The van der Waals surface area contributed by atoms with Gasteiger partial charge in [-0.2, -0.15) is 0 Å². The summed E-state index contributed by atoms with van der Waals surface area (Å²) >= 11 is 6.85. The minimum absolute atomic E-state index is 0.795. The largest absolute Gasteiger partial charge is 0.456 e. The van der Waals surface area contributed by atoms with Gasteiger partial charge in [-0.25, -0.2) is 0 Å². The van der Waals surface area contributed by atoms with Crippen molar-refractivity contribution >= 4 is 44.5 Å². The lowest BCUT2D eigenvalue weighted by atomic mass is 9.98. The first-order valence-electron chi connectivity index (χ1n) is 12.6. The summed E-state index contributed by atoms with van der Waals surface area (Å²) in [6.45, 7) is 0. The van der Waals surface area contributed by atoms with Gasteiger partial charge in [0.05, 0.1) is 11.3 Å². The van der Waals surface area contributed by atoms with Crippen molar-refractivity contribution in [1.82, 2.24) is 0 Å². The average molecular weight is 525 g/mol. The molecule has 2 aliphatic heterocycles. The third kappa shape index (κ3) is 3.04. The van der Waals surface area contributed by atoms with Crippen LogP contribution in [0.5, 0.6) is 23.0 Å². The first kappa shape index (κ1) is 21.9. The lowest BCUT2D eigenvalue weighted by Gasteiger charge is -2.38. The van der Waals surface area contributed by atoms with Gasteiger partial charge in [-0.1, -0.05) is 103 Å². The van der Waals surface area contributed by atoms with E-state index in [1.54, 1.807) is 0 Å². The van der Waals surface area contributed by atoms with Gasteiger partial charge in [-0.15, -0.1) is 0 Å². The maximum atomic E-state index is 6.85. The number of hydrogen-bond acceptors (Lipinski definition) is 3. The van der Waals surface area contributed by atoms with Gasteiger partial charge < -0.3 is 9.47 Å². The standard InChI is InChI=1S/C34H21O2PS/c38-37-31-16-7-6-15-28(31)35-30-20-18-26(25-13-8-12-24(21-25)22-9-2-1-3-10-22)32(34(30)37)36-29-19-17-23-11-4-5-14-27(23)33(29)37/h1-21H. The molecule has 0 saturated carbocycles. The Morgan fingerprint density at radius 2 is 1.21 bits per heavy atom. The third-order valence-electron chi connectivity index (χ3n) is 7.50. The lowest BCUT2D eigenvalue weighted by Crippen LogP contribution is -2.35. The summed E-state index contributed by atoms with van der Waals surface area (Å²) in [6.07, 6.45) is 0. The second-order valence-electron chi connectivity index (χ2n) is 9.65. The summed E-state index contributed by atoms with van der Waals surface area (Å²) < 4.78 is 13.3. The first-order valence-corrected chi connectivity index (χ1v) is 15.4. The topological polar surface area (TPSA) is 18.5 Å². The summed E-state index contributed by atoms with van der Waals surface area (Å²) in [7, 11) is 0. The third-order valence-corrected chi connectivity index (χ3v) is 12.4. The van der Waals surface area contributed by atoms with Crippen molar-refractivity contribution in [3.05, 3.63) is 127 Å². The Labute approximate surface area is 226 Å². The normalized spacial score (nSPS) is 16.5. The number of para-hydroxylation sites is 1. The smallest absolute Gasteiger partial charge is 0.148 e. The van der Waals surface area contributed by atoms with Gasteiger partial charge in [-0.3, -0.25) is 0 Å². The van der Waals surface area contributed by atoms with E-state index in [-0.39, 0.29) is 0 Å². The van der Waals surface area contributed by atoms with E-state index in [0.717, 1.165) is 61.0 Å². The molecule has 0 N–H and O–H groups in total. The van der Waals surface area contributed by atoms with Crippen LogP contribution in [0.2, 0.25) is 0 Å². The van der Waals surface area contributed by atoms with Gasteiger partial charge >= 0.3 is 0 Å². The van der Waals surface area contributed by atoms with Crippen molar-refractivity contribution in [1.29, 1.82) is 0 Å². The van der Waals surface area contributed by atoms with Gasteiger partial charge in [0.15, 0.2) is 0 Å². The van der Waals surface area contributed by atoms with E-state index in [9.17, 15) is 0 Å². The number of benzene rings is 6. The zero-order valence-electron chi connectivity index (χ0n) is 20.3. The molecule has 0 aliphatic carbocycles. The van der Waals surface area contributed by atoms with Crippen molar-refractivity contribution in [2.24, 2.45) is 0 Å². The molecule has 180 valence electrons. The molecule has 6 aromatic rings. The van der Waals surface area contributed by atoms with Crippen molar-refractivity contribution < 1.29 is 9.47 Å². The van der Waals surface area contributed by atoms with E-state index in [1.807, 2.05) is 18.2 Å². The number of ether oxygens (including phenoxy) is 2. The highest BCUT2D eigenvalue weighted by atomic mass is 32.4. The summed E-state index contributed by atoms with van der Waals surface area (Å²) in [6, 6.07) is 41.7. The molecule has 38 heavy (non-hydrogen) atoms. The highest BCUT2D eigenvalue weighted by molar-refractivity contribution is 8.26. The monoisotopic (exact) mass is 524 g/mol. The SMILES string of the molecule is S=P12c3ccccc3Oc3ccc(-c4cccc(-c5ccccc5)c4)c(c31)Oc1ccc3ccccc3c12. The van der Waals surface area contributed by atoms with Crippen LogP contribution in [0.25, 0.3) is 33.0 Å². The Morgan fingerprint density at radius 1 is 0.500 bits per heavy atom. The predicted octanol–water partition coefficient (Wildman–Crippen LogP) is 8.14. The second-order valence-corrected chi connectivity index (χ2v) is 13.9. The van der Waals surface area contributed by atoms with Crippen LogP contribution >= 0.6 is 6.04 Å². The molecule has 0 spiro atoms. The molecule has 0 saturated heterocycles. The van der Waals surface area contributed by atoms with Gasteiger partial charge in [0.2, 0.25) is 0 Å². The van der Waals surface area contributed by atoms with E-state index in [0.29, 0.717) is 0 Å². The number of fused-ring (bicyclic) bond motifs is 6. The molecule has 6 aromatic carbocycles. The van der Waals surface area contributed by atoms with Crippen LogP contribution in [-0.4, -0.2) is 0 Å². The molecule has 0 fully saturated rings. The van der Waals surface area contributed by atoms with Crippen molar-refractivity contribution in [2.75, 3.05) is 0 Å². The van der Waals surface area contributed by atoms with E-state index in [1.165, 1.54) is 10.9 Å². The molecule has 0 bridgehead atoms.